The van der Waals surface area contributed by atoms with Crippen LogP contribution in [0, 0.1) is 0 Å². The second kappa shape index (κ2) is 7.85. The quantitative estimate of drug-likeness (QED) is 0.838. The number of amides is 1. The molecule has 3 aliphatic rings. The fourth-order valence-electron chi connectivity index (χ4n) is 4.58. The van der Waals surface area contributed by atoms with Crippen molar-refractivity contribution in [2.75, 3.05) is 32.9 Å². The Labute approximate surface area is 149 Å². The molecule has 3 unspecified atom stereocenters. The third-order valence-electron chi connectivity index (χ3n) is 5.76. The number of carbonyl (C=O) groups excluding carboxylic acids is 1. The van der Waals surface area contributed by atoms with Crippen LogP contribution >= 0.6 is 0 Å². The molecule has 0 saturated carbocycles. The molecule has 3 saturated heterocycles. The van der Waals surface area contributed by atoms with Crippen LogP contribution in [0.5, 0.6) is 0 Å². The summed E-state index contributed by atoms with van der Waals surface area (Å²) in [6.07, 6.45) is 4.20. The van der Waals surface area contributed by atoms with E-state index in [9.17, 15) is 4.79 Å². The monoisotopic (exact) mass is 344 g/mol. The highest BCUT2D eigenvalue weighted by Crippen LogP contribution is 2.31. The summed E-state index contributed by atoms with van der Waals surface area (Å²) < 4.78 is 11.1. The molecule has 0 radical (unpaired) electrons. The largest absolute Gasteiger partial charge is 0.376 e. The topological polar surface area (TPSA) is 42.0 Å². The molecule has 0 spiro atoms. The molecule has 3 fully saturated rings. The summed E-state index contributed by atoms with van der Waals surface area (Å²) >= 11 is 0. The minimum atomic E-state index is -0.404. The molecule has 4 rings (SSSR count). The lowest BCUT2D eigenvalue weighted by Gasteiger charge is -2.37. The number of hydrogen-bond donors (Lipinski definition) is 0. The number of nitrogens with zero attached hydrogens (tertiary/aromatic N) is 2. The van der Waals surface area contributed by atoms with Gasteiger partial charge >= 0.3 is 0 Å². The van der Waals surface area contributed by atoms with Crippen molar-refractivity contribution in [3.8, 4) is 0 Å². The van der Waals surface area contributed by atoms with Gasteiger partial charge in [-0.05, 0) is 37.8 Å². The number of carbonyl (C=O) groups is 1. The van der Waals surface area contributed by atoms with Gasteiger partial charge in [0.25, 0.3) is 5.91 Å². The van der Waals surface area contributed by atoms with Crippen LogP contribution in [-0.2, 0) is 20.8 Å². The lowest BCUT2D eigenvalue weighted by molar-refractivity contribution is -0.159. The maximum absolute atomic E-state index is 12.9. The van der Waals surface area contributed by atoms with E-state index >= 15 is 0 Å². The van der Waals surface area contributed by atoms with E-state index in [1.54, 1.807) is 0 Å². The predicted molar refractivity (Wildman–Crippen MR) is 95.2 cm³/mol. The predicted octanol–water partition coefficient (Wildman–Crippen LogP) is 2.06. The maximum Gasteiger partial charge on any atom is 0.254 e. The summed E-state index contributed by atoms with van der Waals surface area (Å²) in [5.74, 6) is 0.133. The number of ether oxygens (including phenoxy) is 2. The van der Waals surface area contributed by atoms with Crippen LogP contribution in [0.4, 0.5) is 0 Å². The van der Waals surface area contributed by atoms with E-state index in [1.165, 1.54) is 18.4 Å². The van der Waals surface area contributed by atoms with Crippen LogP contribution in [-0.4, -0.2) is 66.8 Å². The Balaban J connectivity index is 1.44. The van der Waals surface area contributed by atoms with Crippen LogP contribution in [0.1, 0.15) is 31.2 Å². The third-order valence-corrected chi connectivity index (χ3v) is 5.76. The minimum Gasteiger partial charge on any atom is -0.376 e. The smallest absolute Gasteiger partial charge is 0.254 e. The van der Waals surface area contributed by atoms with E-state index in [0.29, 0.717) is 31.9 Å². The van der Waals surface area contributed by atoms with Crippen molar-refractivity contribution >= 4 is 5.91 Å². The van der Waals surface area contributed by atoms with E-state index in [0.717, 1.165) is 32.5 Å². The Bertz CT molecular complexity index is 574. The van der Waals surface area contributed by atoms with E-state index < -0.39 is 6.10 Å². The maximum atomic E-state index is 12.9. The Morgan fingerprint density at radius 2 is 1.84 bits per heavy atom. The molecule has 136 valence electrons. The van der Waals surface area contributed by atoms with Gasteiger partial charge in [0.05, 0.1) is 19.8 Å². The van der Waals surface area contributed by atoms with Crippen LogP contribution < -0.4 is 0 Å². The van der Waals surface area contributed by atoms with Crippen molar-refractivity contribution in [2.45, 2.75) is 50.4 Å². The number of benzene rings is 1. The van der Waals surface area contributed by atoms with E-state index in [2.05, 4.69) is 40.1 Å². The van der Waals surface area contributed by atoms with Gasteiger partial charge in [-0.2, -0.15) is 0 Å². The lowest BCUT2D eigenvalue weighted by Crippen LogP contribution is -2.52. The van der Waals surface area contributed by atoms with Crippen LogP contribution in [0.2, 0.25) is 0 Å². The second-order valence-corrected chi connectivity index (χ2v) is 7.34. The normalized spacial score (nSPS) is 30.7. The summed E-state index contributed by atoms with van der Waals surface area (Å²) in [5.41, 5.74) is 1.36. The van der Waals surface area contributed by atoms with Gasteiger partial charge in [-0.3, -0.25) is 9.69 Å². The van der Waals surface area contributed by atoms with Gasteiger partial charge in [0.2, 0.25) is 0 Å². The number of hydrogen-bond acceptors (Lipinski definition) is 4. The highest BCUT2D eigenvalue weighted by atomic mass is 16.6. The molecule has 0 N–H and O–H groups in total. The molecule has 1 amide bonds. The first-order valence-corrected chi connectivity index (χ1v) is 9.61. The first-order valence-electron chi connectivity index (χ1n) is 9.61. The Hall–Kier alpha value is -1.43. The standard InChI is InChI=1S/C20H28N2O3/c23-20(19-15-24-12-13-25-19)22-11-5-9-18(22)17-8-4-10-21(17)14-16-6-2-1-3-7-16/h1-3,6-7,17-19H,4-5,8-15H2. The minimum absolute atomic E-state index is 0.133. The summed E-state index contributed by atoms with van der Waals surface area (Å²) in [6.45, 7) is 4.49. The van der Waals surface area contributed by atoms with Gasteiger partial charge in [0, 0.05) is 25.2 Å². The second-order valence-electron chi connectivity index (χ2n) is 7.34. The van der Waals surface area contributed by atoms with E-state index in [-0.39, 0.29) is 5.91 Å². The third kappa shape index (κ3) is 3.73. The first-order chi connectivity index (χ1) is 12.3. The molecule has 5 nitrogen and oxygen atoms in total. The highest BCUT2D eigenvalue weighted by molar-refractivity contribution is 5.81. The zero-order chi connectivity index (χ0) is 17.1. The first kappa shape index (κ1) is 17.0. The number of likely N-dealkylation sites (tertiary alicyclic amines) is 2. The molecule has 0 bridgehead atoms. The summed E-state index contributed by atoms with van der Waals surface area (Å²) in [4.78, 5) is 17.6. The van der Waals surface area contributed by atoms with Crippen molar-refractivity contribution in [1.82, 2.24) is 9.80 Å². The van der Waals surface area contributed by atoms with Gasteiger partial charge in [-0.15, -0.1) is 0 Å². The molecular weight excluding hydrogens is 316 g/mol. The molecule has 3 atom stereocenters. The average molecular weight is 344 g/mol. The SMILES string of the molecule is O=C(C1COCCO1)N1CCCC1C1CCCN1Cc1ccccc1. The molecule has 1 aromatic carbocycles. The molecule has 25 heavy (non-hydrogen) atoms. The molecule has 0 aliphatic carbocycles. The molecular formula is C20H28N2O3. The Morgan fingerprint density at radius 1 is 1.04 bits per heavy atom. The fourth-order valence-corrected chi connectivity index (χ4v) is 4.58. The van der Waals surface area contributed by atoms with Crippen molar-refractivity contribution in [2.24, 2.45) is 0 Å². The Kier molecular flexibility index (Phi) is 5.34. The summed E-state index contributed by atoms with van der Waals surface area (Å²) in [7, 11) is 0. The molecule has 3 aliphatic heterocycles. The van der Waals surface area contributed by atoms with Crippen molar-refractivity contribution in [3.05, 3.63) is 35.9 Å². The van der Waals surface area contributed by atoms with Gasteiger partial charge in [0.1, 0.15) is 0 Å². The van der Waals surface area contributed by atoms with Crippen molar-refractivity contribution in [3.63, 3.8) is 0 Å². The van der Waals surface area contributed by atoms with E-state index in [1.807, 2.05) is 0 Å². The van der Waals surface area contributed by atoms with Crippen LogP contribution in [0.15, 0.2) is 30.3 Å². The zero-order valence-corrected chi connectivity index (χ0v) is 14.8. The van der Waals surface area contributed by atoms with Crippen molar-refractivity contribution in [1.29, 1.82) is 0 Å². The average Bonchev–Trinajstić information content (AvgIpc) is 3.31. The number of rotatable bonds is 4. The van der Waals surface area contributed by atoms with Crippen LogP contribution in [0.25, 0.3) is 0 Å². The highest BCUT2D eigenvalue weighted by Gasteiger charge is 2.41. The lowest BCUT2D eigenvalue weighted by atomic mass is 10.0. The Morgan fingerprint density at radius 3 is 2.64 bits per heavy atom. The summed E-state index contributed by atoms with van der Waals surface area (Å²) in [6, 6.07) is 11.5. The van der Waals surface area contributed by atoms with Crippen molar-refractivity contribution < 1.29 is 14.3 Å². The summed E-state index contributed by atoms with van der Waals surface area (Å²) in [5, 5.41) is 0. The van der Waals surface area contributed by atoms with Gasteiger partial charge < -0.3 is 14.4 Å². The molecule has 1 aromatic rings. The van der Waals surface area contributed by atoms with Gasteiger partial charge in [0.15, 0.2) is 6.10 Å². The molecule has 3 heterocycles. The van der Waals surface area contributed by atoms with Crippen LogP contribution in [0.3, 0.4) is 0 Å². The molecule has 5 heteroatoms. The van der Waals surface area contributed by atoms with E-state index in [4.69, 9.17) is 9.47 Å². The molecule has 0 aromatic heterocycles. The zero-order valence-electron chi connectivity index (χ0n) is 14.8. The van der Waals surface area contributed by atoms with Gasteiger partial charge in [-0.1, -0.05) is 30.3 Å². The fraction of sp³-hybridized carbons (Fsp3) is 0.650. The van der Waals surface area contributed by atoms with Gasteiger partial charge in [-0.25, -0.2) is 0 Å².